The number of carbonyl (C=O) groups excluding carboxylic acids is 2. The molecule has 52 heavy (non-hydrogen) atoms. The maximum absolute atomic E-state index is 13.2. The number of hydrogen-bond acceptors (Lipinski definition) is 2. The zero-order chi connectivity index (χ0) is 36.4. The molecule has 276 valence electrons. The lowest BCUT2D eigenvalue weighted by Gasteiger charge is -2.58. The molecule has 0 bridgehead atoms. The molecule has 8 rings (SSSR count). The van der Waals surface area contributed by atoms with Crippen molar-refractivity contribution in [1.29, 1.82) is 0 Å². The van der Waals surface area contributed by atoms with Crippen molar-refractivity contribution >= 4 is 57.4 Å². The smallest absolute Gasteiger partial charge is 0.220 e. The standard InChI is InChI=1S/C47H62N2O2Si/c1-31(39-21-22-40-37-20-18-36-12-7-8-26-46(36,3)41(37)25-27-47(39,40)4)13-24-43(51)48-28-29-49(32(2)50)30-52(5,6)42-23-17-35-15-14-33-10-9-11-34-16-19-38(42)45(35)44(33)34/h9-11,14-20,23,31,36-37,39-41H,7-8,12-13,21-22,24-30H2,1-6H3,(H,48,51)/t31-,36-,37+,39-,40+,41+,46+,47-/m1/s1. The second-order valence-electron chi connectivity index (χ2n) is 18.9. The van der Waals surface area contributed by atoms with Crippen LogP contribution in [-0.4, -0.2) is 44.0 Å². The van der Waals surface area contributed by atoms with Crippen molar-refractivity contribution in [2.75, 3.05) is 19.3 Å². The lowest BCUT2D eigenvalue weighted by Crippen LogP contribution is -2.54. The highest BCUT2D eigenvalue weighted by Crippen LogP contribution is 2.67. The summed E-state index contributed by atoms with van der Waals surface area (Å²) in [6.07, 6.45) is 18.7. The maximum atomic E-state index is 13.2. The van der Waals surface area contributed by atoms with Crippen LogP contribution in [0, 0.1) is 46.3 Å². The molecule has 3 fully saturated rings. The molecule has 4 aromatic carbocycles. The van der Waals surface area contributed by atoms with E-state index in [2.05, 4.69) is 106 Å². The lowest BCUT2D eigenvalue weighted by molar-refractivity contribution is -0.128. The van der Waals surface area contributed by atoms with E-state index in [-0.39, 0.29) is 11.8 Å². The van der Waals surface area contributed by atoms with Crippen LogP contribution in [0.3, 0.4) is 0 Å². The molecule has 8 atom stereocenters. The van der Waals surface area contributed by atoms with Gasteiger partial charge in [-0.15, -0.1) is 0 Å². The number of nitrogens with zero attached hydrogens (tertiary/aromatic N) is 1. The van der Waals surface area contributed by atoms with Gasteiger partial charge in [0.05, 0.1) is 0 Å². The van der Waals surface area contributed by atoms with Crippen molar-refractivity contribution in [2.45, 2.75) is 105 Å². The highest BCUT2D eigenvalue weighted by molar-refractivity contribution is 6.91. The number of carbonyl (C=O) groups is 2. The Labute approximate surface area is 313 Å². The van der Waals surface area contributed by atoms with Gasteiger partial charge < -0.3 is 10.2 Å². The summed E-state index contributed by atoms with van der Waals surface area (Å²) in [5, 5.41) is 12.4. The minimum absolute atomic E-state index is 0.0840. The number of fused-ring (bicyclic) bond motifs is 5. The molecule has 0 saturated heterocycles. The molecule has 0 aliphatic heterocycles. The Morgan fingerprint density at radius 2 is 1.56 bits per heavy atom. The molecular weight excluding hydrogens is 653 g/mol. The van der Waals surface area contributed by atoms with Gasteiger partial charge in [-0.05, 0) is 124 Å². The first-order chi connectivity index (χ1) is 24.9. The zero-order valence-corrected chi connectivity index (χ0v) is 33.8. The van der Waals surface area contributed by atoms with Gasteiger partial charge in [-0.2, -0.15) is 0 Å². The lowest BCUT2D eigenvalue weighted by atomic mass is 9.46. The van der Waals surface area contributed by atoms with Gasteiger partial charge in [-0.1, -0.05) is 119 Å². The molecule has 0 unspecified atom stereocenters. The van der Waals surface area contributed by atoms with Crippen LogP contribution >= 0.6 is 0 Å². The van der Waals surface area contributed by atoms with E-state index in [1.807, 2.05) is 4.90 Å². The van der Waals surface area contributed by atoms with E-state index >= 15 is 0 Å². The Bertz CT molecular complexity index is 1980. The van der Waals surface area contributed by atoms with E-state index < -0.39 is 8.07 Å². The summed E-state index contributed by atoms with van der Waals surface area (Å²) in [5.74, 6) is 4.69. The second kappa shape index (κ2) is 13.6. The third-order valence-electron chi connectivity index (χ3n) is 15.7. The molecule has 0 heterocycles. The monoisotopic (exact) mass is 714 g/mol. The Morgan fingerprint density at radius 1 is 0.846 bits per heavy atom. The topological polar surface area (TPSA) is 49.4 Å². The van der Waals surface area contributed by atoms with Gasteiger partial charge in [0.1, 0.15) is 8.07 Å². The number of rotatable bonds is 10. The summed E-state index contributed by atoms with van der Waals surface area (Å²) in [7, 11) is -2.08. The quantitative estimate of drug-likeness (QED) is 0.101. The largest absolute Gasteiger partial charge is 0.354 e. The first kappa shape index (κ1) is 35.8. The van der Waals surface area contributed by atoms with Crippen molar-refractivity contribution in [3.8, 4) is 0 Å². The number of benzene rings is 4. The number of allylic oxidation sites excluding steroid dienone is 2. The van der Waals surface area contributed by atoms with Crippen molar-refractivity contribution in [3.63, 3.8) is 0 Å². The summed E-state index contributed by atoms with van der Waals surface area (Å²) in [6, 6.07) is 20.2. The fourth-order valence-electron chi connectivity index (χ4n) is 12.8. The van der Waals surface area contributed by atoms with E-state index in [1.54, 1.807) is 6.92 Å². The van der Waals surface area contributed by atoms with Gasteiger partial charge in [0, 0.05) is 32.6 Å². The molecule has 4 aliphatic carbocycles. The van der Waals surface area contributed by atoms with Crippen LogP contribution in [-0.2, 0) is 9.59 Å². The van der Waals surface area contributed by atoms with Gasteiger partial charge in [-0.3, -0.25) is 9.59 Å². The average Bonchev–Trinajstić information content (AvgIpc) is 3.49. The summed E-state index contributed by atoms with van der Waals surface area (Å²) in [5.41, 5.74) is 0.910. The summed E-state index contributed by atoms with van der Waals surface area (Å²) in [4.78, 5) is 28.2. The Hall–Kier alpha value is -3.18. The van der Waals surface area contributed by atoms with Crippen LogP contribution in [0.25, 0.3) is 32.3 Å². The molecule has 4 aromatic rings. The molecule has 0 radical (unpaired) electrons. The molecule has 0 spiro atoms. The molecule has 2 amide bonds. The van der Waals surface area contributed by atoms with Crippen LogP contribution in [0.2, 0.25) is 13.1 Å². The van der Waals surface area contributed by atoms with E-state index in [0.717, 1.165) is 36.3 Å². The maximum Gasteiger partial charge on any atom is 0.220 e. The van der Waals surface area contributed by atoms with Gasteiger partial charge in [0.2, 0.25) is 11.8 Å². The van der Waals surface area contributed by atoms with Crippen molar-refractivity contribution < 1.29 is 9.59 Å². The number of amides is 2. The van der Waals surface area contributed by atoms with E-state index in [1.165, 1.54) is 88.9 Å². The van der Waals surface area contributed by atoms with Crippen molar-refractivity contribution in [2.24, 2.45) is 46.3 Å². The fourth-order valence-corrected chi connectivity index (χ4v) is 15.8. The van der Waals surface area contributed by atoms with Crippen LogP contribution in [0.4, 0.5) is 0 Å². The van der Waals surface area contributed by atoms with Crippen molar-refractivity contribution in [3.05, 3.63) is 66.7 Å². The second-order valence-corrected chi connectivity index (χ2v) is 23.5. The van der Waals surface area contributed by atoms with Crippen LogP contribution < -0.4 is 10.5 Å². The normalized spacial score (nSPS) is 30.6. The van der Waals surface area contributed by atoms with E-state index in [0.29, 0.717) is 42.2 Å². The molecule has 5 heteroatoms. The third kappa shape index (κ3) is 6.02. The Balaban J connectivity index is 0.867. The van der Waals surface area contributed by atoms with Crippen LogP contribution in [0.15, 0.2) is 66.7 Å². The SMILES string of the molecule is CC(=O)N(CCNC(=O)CC[C@@H](C)[C@H]1CC[C@H]2[C@@H]3C=C[C@H]4CCCC[C@]4(C)[C@H]3CC[C@]12C)C[Si](C)(C)c1ccc2ccc3cccc4ccc1c2c34. The minimum Gasteiger partial charge on any atom is -0.354 e. The number of hydrogen-bond donors (Lipinski definition) is 1. The molecule has 1 N–H and O–H groups in total. The molecular formula is C47H62N2O2Si. The van der Waals surface area contributed by atoms with Gasteiger partial charge in [0.25, 0.3) is 0 Å². The molecule has 4 aliphatic rings. The van der Waals surface area contributed by atoms with E-state index in [9.17, 15) is 9.59 Å². The van der Waals surface area contributed by atoms with Crippen molar-refractivity contribution in [1.82, 2.24) is 10.2 Å². The Kier molecular flexibility index (Phi) is 9.36. The zero-order valence-electron chi connectivity index (χ0n) is 32.8. The third-order valence-corrected chi connectivity index (χ3v) is 18.7. The van der Waals surface area contributed by atoms with Gasteiger partial charge >= 0.3 is 0 Å². The highest BCUT2D eigenvalue weighted by atomic mass is 28.3. The summed E-state index contributed by atoms with van der Waals surface area (Å²) < 4.78 is 0. The van der Waals surface area contributed by atoms with Crippen LogP contribution in [0.1, 0.15) is 91.9 Å². The average molecular weight is 715 g/mol. The molecule has 0 aromatic heterocycles. The summed E-state index contributed by atoms with van der Waals surface area (Å²) in [6.45, 7) is 15.2. The molecule has 4 nitrogen and oxygen atoms in total. The predicted octanol–water partition coefficient (Wildman–Crippen LogP) is 10.2. The first-order valence-corrected chi connectivity index (χ1v) is 24.0. The fraction of sp³-hybridized carbons (Fsp3) is 0.574. The Morgan fingerprint density at radius 3 is 2.33 bits per heavy atom. The number of nitrogens with one attached hydrogen (secondary N) is 1. The van der Waals surface area contributed by atoms with Gasteiger partial charge in [-0.25, -0.2) is 0 Å². The molecule has 3 saturated carbocycles. The predicted molar refractivity (Wildman–Crippen MR) is 221 cm³/mol. The summed E-state index contributed by atoms with van der Waals surface area (Å²) >= 11 is 0. The minimum atomic E-state index is -2.08. The van der Waals surface area contributed by atoms with Crippen LogP contribution in [0.5, 0.6) is 0 Å². The van der Waals surface area contributed by atoms with Gasteiger partial charge in [0.15, 0.2) is 0 Å². The first-order valence-electron chi connectivity index (χ1n) is 20.8. The van der Waals surface area contributed by atoms with E-state index in [4.69, 9.17) is 0 Å². The highest BCUT2D eigenvalue weighted by Gasteiger charge is 2.59.